The fourth-order valence-corrected chi connectivity index (χ4v) is 3.03. The highest BCUT2D eigenvalue weighted by Gasteiger charge is 2.31. The van der Waals surface area contributed by atoms with Crippen LogP contribution in [0.5, 0.6) is 5.75 Å². The molecular weight excluding hydrogens is 308 g/mol. The van der Waals surface area contributed by atoms with Crippen molar-refractivity contribution < 1.29 is 19.1 Å². The number of rotatable bonds is 4. The molecule has 1 aromatic carbocycles. The fraction of sp³-hybridized carbons (Fsp3) is 0.556. The van der Waals surface area contributed by atoms with Crippen molar-refractivity contribution in [2.24, 2.45) is 5.92 Å². The van der Waals surface area contributed by atoms with Gasteiger partial charge in [-0.15, -0.1) is 0 Å². The molecule has 1 aliphatic carbocycles. The first kappa shape index (κ1) is 16.6. The van der Waals surface area contributed by atoms with Crippen LogP contribution < -0.4 is 9.64 Å². The van der Waals surface area contributed by atoms with E-state index >= 15 is 0 Å². The number of fused-ring (bicyclic) bond motifs is 1. The molecule has 0 saturated heterocycles. The maximum Gasteiger partial charge on any atom is 0.414 e. The van der Waals surface area contributed by atoms with Crippen molar-refractivity contribution >= 4 is 17.7 Å². The van der Waals surface area contributed by atoms with Gasteiger partial charge < -0.3 is 14.4 Å². The van der Waals surface area contributed by atoms with Gasteiger partial charge in [-0.1, -0.05) is 0 Å². The maximum atomic E-state index is 12.5. The van der Waals surface area contributed by atoms with Crippen LogP contribution in [0.15, 0.2) is 18.2 Å². The lowest BCUT2D eigenvalue weighted by atomic mass is 10.1. The number of carbonyl (C=O) groups is 2. The largest absolute Gasteiger partial charge is 0.497 e. The summed E-state index contributed by atoms with van der Waals surface area (Å²) in [6, 6.07) is 5.61. The summed E-state index contributed by atoms with van der Waals surface area (Å²) < 4.78 is 10.5. The predicted octanol–water partition coefficient (Wildman–Crippen LogP) is 2.80. The molecule has 6 nitrogen and oxygen atoms in total. The lowest BCUT2D eigenvalue weighted by Gasteiger charge is -2.32. The molecule has 6 heteroatoms. The molecule has 1 aromatic rings. The highest BCUT2D eigenvalue weighted by molar-refractivity contribution is 5.90. The average molecular weight is 332 g/mol. The molecule has 24 heavy (non-hydrogen) atoms. The van der Waals surface area contributed by atoms with Crippen LogP contribution in [0.2, 0.25) is 0 Å². The normalized spacial score (nSPS) is 17.8. The van der Waals surface area contributed by atoms with Crippen LogP contribution in [0.3, 0.4) is 0 Å². The summed E-state index contributed by atoms with van der Waals surface area (Å²) >= 11 is 0. The van der Waals surface area contributed by atoms with Crippen LogP contribution >= 0.6 is 0 Å². The Hall–Kier alpha value is -2.24. The van der Waals surface area contributed by atoms with E-state index in [0.717, 1.165) is 23.5 Å². The third-order valence-electron chi connectivity index (χ3n) is 4.50. The molecule has 2 amide bonds. The minimum atomic E-state index is -0.410. The summed E-state index contributed by atoms with van der Waals surface area (Å²) in [5, 5.41) is 0. The van der Waals surface area contributed by atoms with Gasteiger partial charge in [-0.05, 0) is 49.4 Å². The van der Waals surface area contributed by atoms with Gasteiger partial charge in [-0.3, -0.25) is 9.69 Å². The van der Waals surface area contributed by atoms with Crippen molar-refractivity contribution in [3.8, 4) is 5.75 Å². The second-order valence-electron chi connectivity index (χ2n) is 6.31. The topological polar surface area (TPSA) is 59.1 Å². The number of carbonyl (C=O) groups excluding carboxylic acids is 2. The third-order valence-corrected chi connectivity index (χ3v) is 4.50. The van der Waals surface area contributed by atoms with E-state index in [-0.39, 0.29) is 5.91 Å². The molecule has 0 spiro atoms. The molecule has 1 heterocycles. The van der Waals surface area contributed by atoms with Crippen LogP contribution in [-0.2, 0) is 16.1 Å². The second kappa shape index (κ2) is 7.11. The number of benzene rings is 1. The predicted molar refractivity (Wildman–Crippen MR) is 90.1 cm³/mol. The van der Waals surface area contributed by atoms with E-state index in [4.69, 9.17) is 9.47 Å². The number of hydrogen-bond acceptors (Lipinski definition) is 4. The number of anilines is 1. The molecule has 0 unspecified atom stereocenters. The quantitative estimate of drug-likeness (QED) is 0.851. The average Bonchev–Trinajstić information content (AvgIpc) is 3.38. The van der Waals surface area contributed by atoms with Gasteiger partial charge in [0.25, 0.3) is 0 Å². The van der Waals surface area contributed by atoms with Crippen molar-refractivity contribution in [1.29, 1.82) is 0 Å². The molecule has 1 fully saturated rings. The van der Waals surface area contributed by atoms with Crippen molar-refractivity contribution in [3.05, 3.63) is 23.8 Å². The summed E-state index contributed by atoms with van der Waals surface area (Å²) in [6.07, 6.45) is 2.30. The first-order valence-corrected chi connectivity index (χ1v) is 8.51. The number of methoxy groups -OCH3 is 1. The molecule has 0 atom stereocenters. The first-order chi connectivity index (χ1) is 11.6. The maximum absolute atomic E-state index is 12.5. The Morgan fingerprint density at radius 3 is 2.79 bits per heavy atom. The van der Waals surface area contributed by atoms with Crippen molar-refractivity contribution in [2.75, 3.05) is 31.7 Å². The summed E-state index contributed by atoms with van der Waals surface area (Å²) in [7, 11) is 1.61. The van der Waals surface area contributed by atoms with Gasteiger partial charge in [-0.2, -0.15) is 0 Å². The van der Waals surface area contributed by atoms with Crippen LogP contribution in [0.1, 0.15) is 31.7 Å². The smallest absolute Gasteiger partial charge is 0.414 e. The third kappa shape index (κ3) is 3.63. The Morgan fingerprint density at radius 2 is 2.12 bits per heavy atom. The summed E-state index contributed by atoms with van der Waals surface area (Å²) in [4.78, 5) is 28.3. The Balaban J connectivity index is 1.93. The fourth-order valence-electron chi connectivity index (χ4n) is 3.03. The van der Waals surface area contributed by atoms with Gasteiger partial charge in [0.15, 0.2) is 0 Å². The molecule has 0 radical (unpaired) electrons. The molecule has 0 N–H and O–H groups in total. The number of nitrogens with zero attached hydrogens (tertiary/aromatic N) is 2. The number of hydrogen-bond donors (Lipinski definition) is 0. The minimum absolute atomic E-state index is 0.0877. The van der Waals surface area contributed by atoms with Crippen LogP contribution in [0, 0.1) is 5.92 Å². The zero-order valence-corrected chi connectivity index (χ0v) is 14.3. The molecule has 2 aliphatic rings. The zero-order valence-electron chi connectivity index (χ0n) is 14.3. The van der Waals surface area contributed by atoms with Gasteiger partial charge in [0, 0.05) is 26.1 Å². The molecule has 3 rings (SSSR count). The van der Waals surface area contributed by atoms with Crippen molar-refractivity contribution in [2.45, 2.75) is 32.7 Å². The van der Waals surface area contributed by atoms with E-state index in [1.165, 1.54) is 12.8 Å². The van der Waals surface area contributed by atoms with Crippen LogP contribution in [-0.4, -0.2) is 43.7 Å². The highest BCUT2D eigenvalue weighted by Crippen LogP contribution is 2.33. The minimum Gasteiger partial charge on any atom is -0.497 e. The lowest BCUT2D eigenvalue weighted by molar-refractivity contribution is -0.132. The first-order valence-electron chi connectivity index (χ1n) is 8.51. The van der Waals surface area contributed by atoms with E-state index in [1.54, 1.807) is 18.9 Å². The zero-order chi connectivity index (χ0) is 17.1. The van der Waals surface area contributed by atoms with E-state index in [2.05, 4.69) is 0 Å². The van der Waals surface area contributed by atoms with Crippen molar-refractivity contribution in [1.82, 2.24) is 4.90 Å². The number of amides is 2. The summed E-state index contributed by atoms with van der Waals surface area (Å²) in [5.41, 5.74) is 1.71. The van der Waals surface area contributed by atoms with E-state index in [0.29, 0.717) is 32.0 Å². The Bertz CT molecular complexity index is 627. The van der Waals surface area contributed by atoms with Gasteiger partial charge in [-0.25, -0.2) is 4.79 Å². The standard InChI is InChI=1S/C18H24N2O4/c1-3-24-18(22)20-9-8-17(21)19(11-13-4-5-13)12-14-10-15(23-2)6-7-16(14)20/h6-7,10,13H,3-5,8-9,11-12H2,1-2H3. The Morgan fingerprint density at radius 1 is 1.33 bits per heavy atom. The SMILES string of the molecule is CCOC(=O)N1CCC(=O)N(CC2CC2)Cc2cc(OC)ccc21. The van der Waals surface area contributed by atoms with E-state index < -0.39 is 6.09 Å². The number of ether oxygens (including phenoxy) is 2. The second-order valence-corrected chi connectivity index (χ2v) is 6.31. The van der Waals surface area contributed by atoms with Gasteiger partial charge in [0.2, 0.25) is 5.91 Å². The molecule has 1 saturated carbocycles. The summed E-state index contributed by atoms with van der Waals surface area (Å²) in [5.74, 6) is 1.44. The molecule has 0 bridgehead atoms. The Kier molecular flexibility index (Phi) is 4.92. The van der Waals surface area contributed by atoms with Gasteiger partial charge in [0.05, 0.1) is 19.4 Å². The molecule has 130 valence electrons. The van der Waals surface area contributed by atoms with Gasteiger partial charge >= 0.3 is 6.09 Å². The van der Waals surface area contributed by atoms with Gasteiger partial charge in [0.1, 0.15) is 5.75 Å². The van der Waals surface area contributed by atoms with Crippen LogP contribution in [0.4, 0.5) is 10.5 Å². The van der Waals surface area contributed by atoms with E-state index in [1.807, 2.05) is 23.1 Å². The highest BCUT2D eigenvalue weighted by atomic mass is 16.6. The van der Waals surface area contributed by atoms with E-state index in [9.17, 15) is 9.59 Å². The summed E-state index contributed by atoms with van der Waals surface area (Å²) in [6.45, 7) is 3.72. The van der Waals surface area contributed by atoms with Crippen molar-refractivity contribution in [3.63, 3.8) is 0 Å². The lowest BCUT2D eigenvalue weighted by Crippen LogP contribution is -2.41. The van der Waals surface area contributed by atoms with Crippen LogP contribution in [0.25, 0.3) is 0 Å². The Labute approximate surface area is 142 Å². The molecule has 0 aromatic heterocycles. The monoisotopic (exact) mass is 332 g/mol. The molecular formula is C18H24N2O4. The molecule has 1 aliphatic heterocycles.